The Labute approximate surface area is 107 Å². The standard InChI is InChI=1S/C12H21N5O/c1-7-4-17(5-10(7)13)6-11(18)14-12-8(2)15-16-9(12)3/h7,10H,4-6,13H2,1-3H3,(H,14,18)(H,15,16). The first kappa shape index (κ1) is 13.0. The number of hydrogen-bond acceptors (Lipinski definition) is 4. The van der Waals surface area contributed by atoms with Crippen molar-refractivity contribution in [3.63, 3.8) is 0 Å². The summed E-state index contributed by atoms with van der Waals surface area (Å²) in [6, 6.07) is 0.176. The van der Waals surface area contributed by atoms with Crippen molar-refractivity contribution in [1.82, 2.24) is 15.1 Å². The third-order valence-corrected chi connectivity index (χ3v) is 3.51. The number of amides is 1. The summed E-state index contributed by atoms with van der Waals surface area (Å²) in [5.41, 5.74) is 8.42. The lowest BCUT2D eigenvalue weighted by Crippen LogP contribution is -2.33. The van der Waals surface area contributed by atoms with E-state index in [9.17, 15) is 4.79 Å². The molecular formula is C12H21N5O. The Hall–Kier alpha value is -1.40. The van der Waals surface area contributed by atoms with Crippen LogP contribution >= 0.6 is 0 Å². The second-order valence-corrected chi connectivity index (χ2v) is 5.19. The molecule has 1 aliphatic rings. The van der Waals surface area contributed by atoms with Crippen LogP contribution in [-0.2, 0) is 4.79 Å². The molecule has 0 radical (unpaired) electrons. The first-order chi connectivity index (χ1) is 8.47. The van der Waals surface area contributed by atoms with Gasteiger partial charge >= 0.3 is 0 Å². The van der Waals surface area contributed by atoms with Crippen LogP contribution < -0.4 is 11.1 Å². The fraction of sp³-hybridized carbons (Fsp3) is 0.667. The van der Waals surface area contributed by atoms with Gasteiger partial charge in [-0.2, -0.15) is 5.10 Å². The van der Waals surface area contributed by atoms with Gasteiger partial charge in [0.15, 0.2) is 0 Å². The molecule has 1 aromatic heterocycles. The third kappa shape index (κ3) is 2.70. The quantitative estimate of drug-likeness (QED) is 0.718. The Kier molecular flexibility index (Phi) is 3.68. The van der Waals surface area contributed by atoms with E-state index in [1.54, 1.807) is 0 Å². The van der Waals surface area contributed by atoms with Gasteiger partial charge in [0.2, 0.25) is 5.91 Å². The number of nitrogens with zero attached hydrogens (tertiary/aromatic N) is 2. The molecule has 1 amide bonds. The Morgan fingerprint density at radius 1 is 1.56 bits per heavy atom. The highest BCUT2D eigenvalue weighted by atomic mass is 16.2. The molecule has 0 aliphatic carbocycles. The first-order valence-corrected chi connectivity index (χ1v) is 6.26. The van der Waals surface area contributed by atoms with Crippen LogP contribution in [0, 0.1) is 19.8 Å². The molecule has 18 heavy (non-hydrogen) atoms. The molecule has 0 spiro atoms. The molecule has 0 saturated carbocycles. The summed E-state index contributed by atoms with van der Waals surface area (Å²) < 4.78 is 0. The molecule has 0 aromatic carbocycles. The topological polar surface area (TPSA) is 87.0 Å². The molecule has 2 unspecified atom stereocenters. The number of carbonyl (C=O) groups is 1. The van der Waals surface area contributed by atoms with Gasteiger partial charge in [-0.15, -0.1) is 0 Å². The van der Waals surface area contributed by atoms with Crippen LogP contribution in [0.2, 0.25) is 0 Å². The van der Waals surface area contributed by atoms with E-state index in [1.807, 2.05) is 13.8 Å². The molecule has 4 N–H and O–H groups in total. The number of carbonyl (C=O) groups excluding carboxylic acids is 1. The summed E-state index contributed by atoms with van der Waals surface area (Å²) in [6.07, 6.45) is 0. The smallest absolute Gasteiger partial charge is 0.238 e. The summed E-state index contributed by atoms with van der Waals surface area (Å²) in [5.74, 6) is 0.444. The SMILES string of the molecule is Cc1n[nH]c(C)c1NC(=O)CN1CC(C)C(N)C1. The van der Waals surface area contributed by atoms with E-state index < -0.39 is 0 Å². The predicted octanol–water partition coefficient (Wildman–Crippen LogP) is 0.244. The lowest BCUT2D eigenvalue weighted by molar-refractivity contribution is -0.117. The fourth-order valence-electron chi connectivity index (χ4n) is 2.34. The maximum absolute atomic E-state index is 11.9. The summed E-state index contributed by atoms with van der Waals surface area (Å²) >= 11 is 0. The van der Waals surface area contributed by atoms with Gasteiger partial charge in [-0.3, -0.25) is 14.8 Å². The van der Waals surface area contributed by atoms with Crippen LogP contribution in [0.5, 0.6) is 0 Å². The van der Waals surface area contributed by atoms with Crippen molar-refractivity contribution in [3.05, 3.63) is 11.4 Å². The number of aromatic nitrogens is 2. The summed E-state index contributed by atoms with van der Waals surface area (Å²) in [7, 11) is 0. The van der Waals surface area contributed by atoms with Crippen molar-refractivity contribution in [2.45, 2.75) is 26.8 Å². The number of nitrogens with one attached hydrogen (secondary N) is 2. The van der Waals surface area contributed by atoms with Crippen molar-refractivity contribution in [3.8, 4) is 0 Å². The third-order valence-electron chi connectivity index (χ3n) is 3.51. The highest BCUT2D eigenvalue weighted by Crippen LogP contribution is 2.17. The van der Waals surface area contributed by atoms with Crippen LogP contribution in [0.4, 0.5) is 5.69 Å². The van der Waals surface area contributed by atoms with Crippen molar-refractivity contribution >= 4 is 11.6 Å². The molecule has 1 saturated heterocycles. The van der Waals surface area contributed by atoms with E-state index in [4.69, 9.17) is 5.73 Å². The minimum absolute atomic E-state index is 0.0103. The number of hydrogen-bond donors (Lipinski definition) is 3. The molecule has 2 atom stereocenters. The second-order valence-electron chi connectivity index (χ2n) is 5.19. The number of likely N-dealkylation sites (tertiary alicyclic amines) is 1. The monoisotopic (exact) mass is 251 g/mol. The van der Waals surface area contributed by atoms with E-state index >= 15 is 0 Å². The van der Waals surface area contributed by atoms with E-state index in [-0.39, 0.29) is 11.9 Å². The number of rotatable bonds is 3. The van der Waals surface area contributed by atoms with Gasteiger partial charge in [0.25, 0.3) is 0 Å². The molecular weight excluding hydrogens is 230 g/mol. The molecule has 6 heteroatoms. The number of nitrogens with two attached hydrogens (primary N) is 1. The lowest BCUT2D eigenvalue weighted by atomic mass is 10.1. The normalized spacial score (nSPS) is 24.4. The van der Waals surface area contributed by atoms with Gasteiger partial charge in [-0.05, 0) is 19.8 Å². The van der Waals surface area contributed by atoms with Crippen LogP contribution in [0.3, 0.4) is 0 Å². The Balaban J connectivity index is 1.90. The predicted molar refractivity (Wildman–Crippen MR) is 70.3 cm³/mol. The number of aromatic amines is 1. The molecule has 1 aliphatic heterocycles. The summed E-state index contributed by atoms with van der Waals surface area (Å²) in [5, 5.41) is 9.80. The average molecular weight is 251 g/mol. The van der Waals surface area contributed by atoms with Gasteiger partial charge in [0.1, 0.15) is 0 Å². The van der Waals surface area contributed by atoms with Gasteiger partial charge in [-0.1, -0.05) is 6.92 Å². The minimum atomic E-state index is -0.0103. The average Bonchev–Trinajstić information content (AvgIpc) is 2.76. The molecule has 100 valence electrons. The van der Waals surface area contributed by atoms with Gasteiger partial charge in [0, 0.05) is 19.1 Å². The Bertz CT molecular complexity index is 412. The fourth-order valence-corrected chi connectivity index (χ4v) is 2.34. The van der Waals surface area contributed by atoms with Crippen LogP contribution in [0.25, 0.3) is 0 Å². The van der Waals surface area contributed by atoms with E-state index in [1.165, 1.54) is 0 Å². The largest absolute Gasteiger partial charge is 0.326 e. The van der Waals surface area contributed by atoms with E-state index in [0.717, 1.165) is 30.2 Å². The van der Waals surface area contributed by atoms with Crippen LogP contribution in [0.1, 0.15) is 18.3 Å². The highest BCUT2D eigenvalue weighted by Gasteiger charge is 2.27. The first-order valence-electron chi connectivity index (χ1n) is 6.26. The van der Waals surface area contributed by atoms with Crippen molar-refractivity contribution in [2.75, 3.05) is 25.0 Å². The summed E-state index contributed by atoms with van der Waals surface area (Å²) in [4.78, 5) is 14.0. The number of aryl methyl sites for hydroxylation is 2. The van der Waals surface area contributed by atoms with E-state index in [0.29, 0.717) is 12.5 Å². The molecule has 6 nitrogen and oxygen atoms in total. The van der Waals surface area contributed by atoms with Crippen molar-refractivity contribution < 1.29 is 4.79 Å². The second kappa shape index (κ2) is 5.07. The molecule has 1 aromatic rings. The van der Waals surface area contributed by atoms with Gasteiger partial charge in [-0.25, -0.2) is 0 Å². The maximum Gasteiger partial charge on any atom is 0.238 e. The zero-order valence-corrected chi connectivity index (χ0v) is 11.2. The zero-order valence-electron chi connectivity index (χ0n) is 11.2. The molecule has 0 bridgehead atoms. The van der Waals surface area contributed by atoms with E-state index in [2.05, 4.69) is 27.3 Å². The maximum atomic E-state index is 11.9. The molecule has 2 rings (SSSR count). The van der Waals surface area contributed by atoms with Gasteiger partial charge < -0.3 is 11.1 Å². The number of H-pyrrole nitrogens is 1. The highest BCUT2D eigenvalue weighted by molar-refractivity contribution is 5.93. The summed E-state index contributed by atoms with van der Waals surface area (Å²) in [6.45, 7) is 7.95. The molecule has 1 fully saturated rings. The van der Waals surface area contributed by atoms with Gasteiger partial charge in [0.05, 0.1) is 23.6 Å². The lowest BCUT2D eigenvalue weighted by Gasteiger charge is -2.14. The minimum Gasteiger partial charge on any atom is -0.326 e. The van der Waals surface area contributed by atoms with Crippen molar-refractivity contribution in [1.29, 1.82) is 0 Å². The van der Waals surface area contributed by atoms with Crippen LogP contribution in [0.15, 0.2) is 0 Å². The van der Waals surface area contributed by atoms with Crippen molar-refractivity contribution in [2.24, 2.45) is 11.7 Å². The Morgan fingerprint density at radius 2 is 2.28 bits per heavy atom. The molecule has 2 heterocycles. The zero-order chi connectivity index (χ0) is 13.3. The van der Waals surface area contributed by atoms with Crippen LogP contribution in [-0.4, -0.2) is 46.7 Å². The Morgan fingerprint density at radius 3 is 2.78 bits per heavy atom. The number of anilines is 1.